The highest BCUT2D eigenvalue weighted by atomic mass is 35.5. The molecule has 17 heavy (non-hydrogen) atoms. The molecule has 0 bridgehead atoms. The van der Waals surface area contributed by atoms with Crippen LogP contribution in [0.5, 0.6) is 0 Å². The molecule has 0 heterocycles. The zero-order valence-corrected chi connectivity index (χ0v) is 10.5. The maximum Gasteiger partial charge on any atom is 0.337 e. The Hall–Kier alpha value is -0.750. The van der Waals surface area contributed by atoms with E-state index in [4.69, 9.17) is 16.7 Å². The van der Waals surface area contributed by atoms with Crippen molar-refractivity contribution in [2.75, 3.05) is 5.75 Å². The van der Waals surface area contributed by atoms with Crippen LogP contribution in [-0.2, 0) is 0 Å². The number of hydrogen-bond donors (Lipinski definition) is 4. The lowest BCUT2D eigenvalue weighted by Gasteiger charge is -2.19. The van der Waals surface area contributed by atoms with Crippen LogP contribution < -0.4 is 0 Å². The van der Waals surface area contributed by atoms with E-state index in [-0.39, 0.29) is 22.6 Å². The van der Waals surface area contributed by atoms with Gasteiger partial charge in [-0.25, -0.2) is 4.79 Å². The number of carboxylic acids is 1. The first-order valence-corrected chi connectivity index (χ1v) is 5.98. The topological polar surface area (TPSA) is 77.8 Å². The van der Waals surface area contributed by atoms with Gasteiger partial charge in [-0.15, -0.1) is 0 Å². The molecule has 0 fully saturated rings. The third kappa shape index (κ3) is 3.35. The van der Waals surface area contributed by atoms with Crippen LogP contribution in [0.3, 0.4) is 0 Å². The number of thiol groups is 1. The summed E-state index contributed by atoms with van der Waals surface area (Å²) in [5.74, 6) is -0.762. The number of hydrogen-bond acceptors (Lipinski definition) is 4. The van der Waals surface area contributed by atoms with Gasteiger partial charge in [0.15, 0.2) is 0 Å². The summed E-state index contributed by atoms with van der Waals surface area (Å²) in [6, 6.07) is 4.30. The molecule has 1 aromatic carbocycles. The number of aromatic carboxylic acids is 1. The highest BCUT2D eigenvalue weighted by molar-refractivity contribution is 7.80. The van der Waals surface area contributed by atoms with Crippen molar-refractivity contribution in [3.05, 3.63) is 34.3 Å². The van der Waals surface area contributed by atoms with Crippen molar-refractivity contribution in [1.82, 2.24) is 0 Å². The smallest absolute Gasteiger partial charge is 0.337 e. The van der Waals surface area contributed by atoms with E-state index in [1.165, 1.54) is 18.2 Å². The van der Waals surface area contributed by atoms with Crippen molar-refractivity contribution in [1.29, 1.82) is 0 Å². The molecule has 6 heteroatoms. The van der Waals surface area contributed by atoms with Gasteiger partial charge in [0.1, 0.15) is 6.10 Å². The van der Waals surface area contributed by atoms with Crippen LogP contribution in [0.1, 0.15) is 28.4 Å². The summed E-state index contributed by atoms with van der Waals surface area (Å²) in [5.41, 5.74) is 0.113. The second-order valence-electron chi connectivity index (χ2n) is 3.54. The fraction of sp³-hybridized carbons (Fsp3) is 0.364. The van der Waals surface area contributed by atoms with E-state index in [2.05, 4.69) is 12.6 Å². The maximum absolute atomic E-state index is 10.9. The Balaban J connectivity index is 3.06. The summed E-state index contributed by atoms with van der Waals surface area (Å²) in [4.78, 5) is 10.9. The van der Waals surface area contributed by atoms with E-state index in [0.29, 0.717) is 5.75 Å². The summed E-state index contributed by atoms with van der Waals surface area (Å²) < 4.78 is 0. The summed E-state index contributed by atoms with van der Waals surface area (Å²) >= 11 is 9.82. The van der Waals surface area contributed by atoms with Crippen molar-refractivity contribution < 1.29 is 20.1 Å². The van der Waals surface area contributed by atoms with Crippen LogP contribution in [-0.4, -0.2) is 33.1 Å². The fourth-order valence-corrected chi connectivity index (χ4v) is 2.02. The van der Waals surface area contributed by atoms with Gasteiger partial charge in [0.05, 0.1) is 16.7 Å². The molecule has 0 aromatic heterocycles. The molecule has 0 aliphatic carbocycles. The molecule has 2 unspecified atom stereocenters. The van der Waals surface area contributed by atoms with Gasteiger partial charge in [-0.2, -0.15) is 12.6 Å². The Kier molecular flexibility index (Phi) is 5.27. The molecule has 0 aliphatic heterocycles. The molecule has 0 spiro atoms. The Morgan fingerprint density at radius 2 is 2.06 bits per heavy atom. The lowest BCUT2D eigenvalue weighted by Crippen LogP contribution is -2.19. The Morgan fingerprint density at radius 1 is 1.41 bits per heavy atom. The molecule has 0 saturated carbocycles. The van der Waals surface area contributed by atoms with E-state index in [9.17, 15) is 15.0 Å². The summed E-state index contributed by atoms with van der Waals surface area (Å²) in [7, 11) is 0. The minimum atomic E-state index is -1.21. The Morgan fingerprint density at radius 3 is 2.59 bits per heavy atom. The van der Waals surface area contributed by atoms with E-state index >= 15 is 0 Å². The average molecular weight is 277 g/mol. The van der Waals surface area contributed by atoms with Crippen molar-refractivity contribution in [3.63, 3.8) is 0 Å². The monoisotopic (exact) mass is 276 g/mol. The van der Waals surface area contributed by atoms with Crippen molar-refractivity contribution in [2.24, 2.45) is 0 Å². The number of benzene rings is 1. The van der Waals surface area contributed by atoms with Crippen LogP contribution >= 0.6 is 24.2 Å². The van der Waals surface area contributed by atoms with Gasteiger partial charge < -0.3 is 15.3 Å². The van der Waals surface area contributed by atoms with Crippen molar-refractivity contribution in [2.45, 2.75) is 18.6 Å². The minimum absolute atomic E-state index is 0.0503. The molecule has 0 aliphatic rings. The minimum Gasteiger partial charge on any atom is -0.478 e. The molecule has 0 radical (unpaired) electrons. The summed E-state index contributed by atoms with van der Waals surface area (Å²) in [6.45, 7) is 0. The zero-order chi connectivity index (χ0) is 13.0. The maximum atomic E-state index is 10.9. The number of carboxylic acid groups (broad SMARTS) is 1. The highest BCUT2D eigenvalue weighted by Crippen LogP contribution is 2.29. The molecule has 4 nitrogen and oxygen atoms in total. The Bertz CT molecular complexity index is 410. The summed E-state index contributed by atoms with van der Waals surface area (Å²) in [6.07, 6.45) is -1.94. The first-order valence-electron chi connectivity index (χ1n) is 4.97. The SMILES string of the molecule is O=C(O)c1cccc(C(O)C(O)CCS)c1Cl. The molecule has 3 N–H and O–H groups in total. The van der Waals surface area contributed by atoms with Crippen LogP contribution in [0.25, 0.3) is 0 Å². The number of rotatable bonds is 5. The Labute approximate surface area is 109 Å². The molecule has 1 aromatic rings. The molecule has 0 saturated heterocycles. The van der Waals surface area contributed by atoms with Gasteiger partial charge in [0.2, 0.25) is 0 Å². The van der Waals surface area contributed by atoms with Gasteiger partial charge in [-0.1, -0.05) is 23.7 Å². The number of halogens is 1. The number of aliphatic hydroxyl groups excluding tert-OH is 2. The predicted octanol–water partition coefficient (Wildman–Crippen LogP) is 1.75. The van der Waals surface area contributed by atoms with Crippen molar-refractivity contribution in [3.8, 4) is 0 Å². The lowest BCUT2D eigenvalue weighted by molar-refractivity contribution is 0.0172. The van der Waals surface area contributed by atoms with Crippen molar-refractivity contribution >= 4 is 30.2 Å². The molecule has 0 amide bonds. The third-order valence-electron chi connectivity index (χ3n) is 2.37. The molecular formula is C11H13ClO4S. The van der Waals surface area contributed by atoms with Gasteiger partial charge in [-0.3, -0.25) is 0 Å². The average Bonchev–Trinajstić information content (AvgIpc) is 2.28. The van der Waals surface area contributed by atoms with E-state index in [1.54, 1.807) is 0 Å². The van der Waals surface area contributed by atoms with Gasteiger partial charge in [0, 0.05) is 5.56 Å². The highest BCUT2D eigenvalue weighted by Gasteiger charge is 2.22. The predicted molar refractivity (Wildman–Crippen MR) is 67.8 cm³/mol. The summed E-state index contributed by atoms with van der Waals surface area (Å²) in [5, 5.41) is 28.3. The van der Waals surface area contributed by atoms with Gasteiger partial charge >= 0.3 is 5.97 Å². The van der Waals surface area contributed by atoms with Crippen LogP contribution in [0.4, 0.5) is 0 Å². The van der Waals surface area contributed by atoms with Crippen LogP contribution in [0.15, 0.2) is 18.2 Å². The zero-order valence-electron chi connectivity index (χ0n) is 8.88. The van der Waals surface area contributed by atoms with E-state index in [0.717, 1.165) is 0 Å². The standard InChI is InChI=1S/C11H13ClO4S/c12-9-6(10(14)8(13)4-5-17)2-1-3-7(9)11(15)16/h1-3,8,10,13-14,17H,4-5H2,(H,15,16). The van der Waals surface area contributed by atoms with E-state index < -0.39 is 18.2 Å². The third-order valence-corrected chi connectivity index (χ3v) is 3.05. The molecule has 2 atom stereocenters. The normalized spacial score (nSPS) is 14.4. The molecular weight excluding hydrogens is 264 g/mol. The largest absolute Gasteiger partial charge is 0.478 e. The second kappa shape index (κ2) is 6.26. The van der Waals surface area contributed by atoms with Gasteiger partial charge in [0.25, 0.3) is 0 Å². The quantitative estimate of drug-likeness (QED) is 0.618. The van der Waals surface area contributed by atoms with Gasteiger partial charge in [-0.05, 0) is 18.2 Å². The lowest BCUT2D eigenvalue weighted by atomic mass is 10.0. The number of aliphatic hydroxyl groups is 2. The first kappa shape index (κ1) is 14.3. The van der Waals surface area contributed by atoms with Crippen LogP contribution in [0.2, 0.25) is 5.02 Å². The molecule has 94 valence electrons. The van der Waals surface area contributed by atoms with E-state index in [1.807, 2.05) is 0 Å². The fourth-order valence-electron chi connectivity index (χ4n) is 1.44. The van der Waals surface area contributed by atoms with Crippen LogP contribution in [0, 0.1) is 0 Å². The number of carbonyl (C=O) groups is 1. The molecule has 1 rings (SSSR count). The first-order chi connectivity index (χ1) is 7.99. The second-order valence-corrected chi connectivity index (χ2v) is 4.36.